The molecule has 0 spiro atoms. The average Bonchev–Trinajstić information content (AvgIpc) is 2.59. The van der Waals surface area contributed by atoms with Crippen LogP contribution in [0.25, 0.3) is 0 Å². The molecule has 2 aromatic carbocycles. The summed E-state index contributed by atoms with van der Waals surface area (Å²) in [5.74, 6) is -0.987. The molecule has 0 radical (unpaired) electrons. The van der Waals surface area contributed by atoms with Crippen LogP contribution in [0.5, 0.6) is 0 Å². The molecule has 0 saturated heterocycles. The van der Waals surface area contributed by atoms with Crippen LogP contribution in [0.4, 0.5) is 0 Å². The van der Waals surface area contributed by atoms with E-state index in [1.165, 1.54) is 24.3 Å². The van der Waals surface area contributed by atoms with Gasteiger partial charge in [0.05, 0.1) is 22.9 Å². The van der Waals surface area contributed by atoms with Crippen LogP contribution in [-0.4, -0.2) is 33.0 Å². The van der Waals surface area contributed by atoms with Gasteiger partial charge in [0, 0.05) is 11.8 Å². The Labute approximate surface area is 145 Å². The number of ether oxygens (including phenoxy) is 1. The number of carbonyl (C=O) groups excluding carboxylic acids is 2. The van der Waals surface area contributed by atoms with Crippen molar-refractivity contribution in [3.05, 3.63) is 65.2 Å². The zero-order valence-electron chi connectivity index (χ0n) is 13.4. The Balaban J connectivity index is 1.90. The number of rotatable bonds is 6. The lowest BCUT2D eigenvalue weighted by Crippen LogP contribution is -2.15. The maximum Gasteiger partial charge on any atom is 0.310 e. The molecule has 7 heteroatoms. The molecule has 0 atom stereocenters. The number of carbonyl (C=O) groups is 2. The van der Waals surface area contributed by atoms with E-state index >= 15 is 0 Å². The lowest BCUT2D eigenvalue weighted by molar-refractivity contribution is -0.141. The van der Waals surface area contributed by atoms with Gasteiger partial charge in [-0.2, -0.15) is 5.26 Å². The first-order chi connectivity index (χ1) is 11.8. The van der Waals surface area contributed by atoms with E-state index in [9.17, 15) is 18.0 Å². The third-order valence-corrected chi connectivity index (χ3v) is 4.53. The van der Waals surface area contributed by atoms with Crippen molar-refractivity contribution in [3.8, 4) is 6.07 Å². The first kappa shape index (κ1) is 18.4. The number of benzene rings is 2. The number of esters is 1. The van der Waals surface area contributed by atoms with Crippen LogP contribution in [0.2, 0.25) is 0 Å². The van der Waals surface area contributed by atoms with Gasteiger partial charge in [0.2, 0.25) is 0 Å². The molecule has 0 saturated carbocycles. The second kappa shape index (κ2) is 7.73. The van der Waals surface area contributed by atoms with Crippen molar-refractivity contribution in [2.24, 2.45) is 0 Å². The van der Waals surface area contributed by atoms with Gasteiger partial charge in [-0.05, 0) is 42.0 Å². The summed E-state index contributed by atoms with van der Waals surface area (Å²) in [7, 11) is -3.33. The summed E-state index contributed by atoms with van der Waals surface area (Å²) in [5.41, 5.74) is 1.43. The molecule has 0 aromatic heterocycles. The normalized spacial score (nSPS) is 10.7. The molecule has 128 valence electrons. The lowest BCUT2D eigenvalue weighted by atomic mass is 10.1. The highest BCUT2D eigenvalue weighted by molar-refractivity contribution is 7.90. The fraction of sp³-hybridized carbons (Fsp3) is 0.167. The van der Waals surface area contributed by atoms with Crippen LogP contribution >= 0.6 is 0 Å². The molecule has 2 aromatic rings. The van der Waals surface area contributed by atoms with Crippen molar-refractivity contribution in [2.45, 2.75) is 11.3 Å². The predicted molar refractivity (Wildman–Crippen MR) is 89.7 cm³/mol. The number of ketones is 1. The Morgan fingerprint density at radius 1 is 1.04 bits per heavy atom. The van der Waals surface area contributed by atoms with Crippen LogP contribution in [0.15, 0.2) is 53.4 Å². The number of sulfone groups is 1. The third kappa shape index (κ3) is 5.26. The van der Waals surface area contributed by atoms with E-state index in [2.05, 4.69) is 0 Å². The molecule has 0 aliphatic heterocycles. The van der Waals surface area contributed by atoms with Crippen LogP contribution < -0.4 is 0 Å². The molecule has 0 amide bonds. The van der Waals surface area contributed by atoms with E-state index in [4.69, 9.17) is 10.00 Å². The monoisotopic (exact) mass is 357 g/mol. The molecular weight excluding hydrogens is 342 g/mol. The summed E-state index contributed by atoms with van der Waals surface area (Å²) >= 11 is 0. The van der Waals surface area contributed by atoms with Gasteiger partial charge in [-0.15, -0.1) is 0 Å². The first-order valence-corrected chi connectivity index (χ1v) is 9.17. The second-order valence-electron chi connectivity index (χ2n) is 5.37. The molecule has 0 N–H and O–H groups in total. The highest BCUT2D eigenvalue weighted by Crippen LogP contribution is 2.11. The highest BCUT2D eigenvalue weighted by atomic mass is 32.2. The van der Waals surface area contributed by atoms with Gasteiger partial charge in [0.15, 0.2) is 22.2 Å². The van der Waals surface area contributed by atoms with Crippen molar-refractivity contribution in [1.82, 2.24) is 0 Å². The molecule has 0 aliphatic rings. The molecule has 0 bridgehead atoms. The summed E-state index contributed by atoms with van der Waals surface area (Å²) in [6.45, 7) is -0.423. The SMILES string of the molecule is CS(=O)(=O)c1ccc(C(=O)COC(=O)Cc2ccc(C#N)cc2)cc1. The van der Waals surface area contributed by atoms with Crippen LogP contribution in [-0.2, 0) is 25.8 Å². The van der Waals surface area contributed by atoms with Gasteiger partial charge in [0.25, 0.3) is 0 Å². The zero-order chi connectivity index (χ0) is 18.4. The van der Waals surface area contributed by atoms with E-state index in [0.717, 1.165) is 6.26 Å². The van der Waals surface area contributed by atoms with Gasteiger partial charge in [-0.1, -0.05) is 12.1 Å². The van der Waals surface area contributed by atoms with Crippen LogP contribution in [0.1, 0.15) is 21.5 Å². The molecule has 2 rings (SSSR count). The molecule has 0 unspecified atom stereocenters. The van der Waals surface area contributed by atoms with Crippen molar-refractivity contribution >= 4 is 21.6 Å². The Morgan fingerprint density at radius 2 is 1.64 bits per heavy atom. The van der Waals surface area contributed by atoms with Crippen LogP contribution in [0, 0.1) is 11.3 Å². The second-order valence-corrected chi connectivity index (χ2v) is 7.38. The summed E-state index contributed by atoms with van der Waals surface area (Å²) in [6, 6.07) is 13.9. The molecule has 25 heavy (non-hydrogen) atoms. The molecule has 6 nitrogen and oxygen atoms in total. The fourth-order valence-electron chi connectivity index (χ4n) is 2.03. The fourth-order valence-corrected chi connectivity index (χ4v) is 2.66. The van der Waals surface area contributed by atoms with E-state index in [1.54, 1.807) is 24.3 Å². The van der Waals surface area contributed by atoms with Crippen molar-refractivity contribution in [1.29, 1.82) is 5.26 Å². The number of Topliss-reactive ketones (excluding diaryl/α,β-unsaturated/α-hetero) is 1. The molecule has 0 aliphatic carbocycles. The average molecular weight is 357 g/mol. The zero-order valence-corrected chi connectivity index (χ0v) is 14.2. The Kier molecular flexibility index (Phi) is 5.67. The van der Waals surface area contributed by atoms with E-state index in [-0.39, 0.29) is 16.9 Å². The van der Waals surface area contributed by atoms with Crippen molar-refractivity contribution in [2.75, 3.05) is 12.9 Å². The van der Waals surface area contributed by atoms with E-state index in [0.29, 0.717) is 11.1 Å². The first-order valence-electron chi connectivity index (χ1n) is 7.27. The largest absolute Gasteiger partial charge is 0.457 e. The summed E-state index contributed by atoms with van der Waals surface area (Å²) in [6.07, 6.45) is 1.07. The molecular formula is C18H15NO5S. The maximum absolute atomic E-state index is 12.0. The maximum atomic E-state index is 12.0. The molecule has 0 fully saturated rings. The quantitative estimate of drug-likeness (QED) is 0.578. The van der Waals surface area contributed by atoms with Gasteiger partial charge < -0.3 is 4.74 Å². The van der Waals surface area contributed by atoms with Gasteiger partial charge in [0.1, 0.15) is 0 Å². The van der Waals surface area contributed by atoms with Crippen LogP contribution in [0.3, 0.4) is 0 Å². The Hall–Kier alpha value is -2.98. The predicted octanol–water partition coefficient (Wildman–Crippen LogP) is 1.93. The molecule has 0 heterocycles. The summed E-state index contributed by atoms with van der Waals surface area (Å²) < 4.78 is 27.7. The lowest BCUT2D eigenvalue weighted by Gasteiger charge is -2.05. The van der Waals surface area contributed by atoms with E-state index < -0.39 is 28.2 Å². The van der Waals surface area contributed by atoms with Crippen molar-refractivity contribution in [3.63, 3.8) is 0 Å². The van der Waals surface area contributed by atoms with Crippen molar-refractivity contribution < 1.29 is 22.7 Å². The standard InChI is InChI=1S/C18H15NO5S/c1-25(22,23)16-8-6-15(7-9-16)17(20)12-24-18(21)10-13-2-4-14(11-19)5-3-13/h2-9H,10,12H2,1H3. The minimum Gasteiger partial charge on any atom is -0.457 e. The number of nitrogens with zero attached hydrogens (tertiary/aromatic N) is 1. The highest BCUT2D eigenvalue weighted by Gasteiger charge is 2.12. The number of hydrogen-bond donors (Lipinski definition) is 0. The summed E-state index contributed by atoms with van der Waals surface area (Å²) in [4.78, 5) is 23.9. The van der Waals surface area contributed by atoms with Gasteiger partial charge in [-0.3, -0.25) is 9.59 Å². The van der Waals surface area contributed by atoms with Gasteiger partial charge in [-0.25, -0.2) is 8.42 Å². The van der Waals surface area contributed by atoms with E-state index in [1.807, 2.05) is 6.07 Å². The minimum absolute atomic E-state index is 0.00793. The number of hydrogen-bond acceptors (Lipinski definition) is 6. The van der Waals surface area contributed by atoms with Gasteiger partial charge >= 0.3 is 5.97 Å². The smallest absolute Gasteiger partial charge is 0.310 e. The Morgan fingerprint density at radius 3 is 2.16 bits per heavy atom. The third-order valence-electron chi connectivity index (χ3n) is 3.40. The number of nitriles is 1. The Bertz CT molecular complexity index is 923. The summed E-state index contributed by atoms with van der Waals surface area (Å²) in [5, 5.41) is 8.71. The topological polar surface area (TPSA) is 101 Å². The minimum atomic E-state index is -3.33.